The van der Waals surface area contributed by atoms with Crippen LogP contribution >= 0.6 is 11.3 Å². The van der Waals surface area contributed by atoms with Crippen LogP contribution < -0.4 is 19.7 Å². The molecule has 0 unspecified atom stereocenters. The topological polar surface area (TPSA) is 131 Å². The van der Waals surface area contributed by atoms with Gasteiger partial charge < -0.3 is 28.7 Å². The largest absolute Gasteiger partial charge is 0.496 e. The molecule has 7 rings (SSSR count). The zero-order valence-corrected chi connectivity index (χ0v) is 34.6. The van der Waals surface area contributed by atoms with Crippen LogP contribution in [0.3, 0.4) is 0 Å². The summed E-state index contributed by atoms with van der Waals surface area (Å²) >= 11 is 0.884. The van der Waals surface area contributed by atoms with Crippen molar-refractivity contribution in [2.24, 2.45) is 0 Å². The van der Waals surface area contributed by atoms with Crippen molar-refractivity contribution in [3.05, 3.63) is 29.8 Å². The number of hydrogen-bond donors (Lipinski definition) is 1. The van der Waals surface area contributed by atoms with Crippen molar-refractivity contribution in [3.8, 4) is 22.9 Å². The van der Waals surface area contributed by atoms with Crippen LogP contribution in [0.1, 0.15) is 74.7 Å². The average molecular weight is 814 g/mol. The second kappa shape index (κ2) is 14.9. The summed E-state index contributed by atoms with van der Waals surface area (Å²) in [5.74, 6) is -0.937. The van der Waals surface area contributed by atoms with Crippen molar-refractivity contribution >= 4 is 55.6 Å². The van der Waals surface area contributed by atoms with Crippen LogP contribution in [0.25, 0.3) is 32.2 Å². The molecule has 2 amide bonds. The molecule has 4 atom stereocenters. The van der Waals surface area contributed by atoms with Gasteiger partial charge in [0.25, 0.3) is 0 Å². The molecule has 1 N–H and O–H groups in total. The van der Waals surface area contributed by atoms with Crippen molar-refractivity contribution < 1.29 is 41.7 Å². The number of amides is 2. The number of rotatable bonds is 7. The number of halogens is 3. The van der Waals surface area contributed by atoms with E-state index in [1.165, 1.54) is 19.2 Å². The zero-order valence-electron chi connectivity index (χ0n) is 33.8. The number of aromatic nitrogens is 3. The fourth-order valence-corrected chi connectivity index (χ4v) is 9.01. The highest BCUT2D eigenvalue weighted by molar-refractivity contribution is 7.22. The van der Waals surface area contributed by atoms with Crippen LogP contribution in [-0.2, 0) is 9.47 Å². The van der Waals surface area contributed by atoms with Crippen LogP contribution in [0.4, 0.5) is 33.7 Å². The third kappa shape index (κ3) is 8.09. The number of carbonyl (C=O) groups is 2. The van der Waals surface area contributed by atoms with Gasteiger partial charge >= 0.3 is 18.2 Å². The number of hydrogen-bond acceptors (Lipinski definition) is 12. The molecule has 2 aromatic carbocycles. The Kier molecular flexibility index (Phi) is 10.6. The molecule has 0 bridgehead atoms. The van der Waals surface area contributed by atoms with E-state index >= 15 is 8.78 Å². The van der Waals surface area contributed by atoms with E-state index in [0.29, 0.717) is 37.3 Å². The van der Waals surface area contributed by atoms with E-state index in [1.807, 2.05) is 39.5 Å². The van der Waals surface area contributed by atoms with Crippen molar-refractivity contribution in [2.45, 2.75) is 110 Å². The first-order valence-electron chi connectivity index (χ1n) is 19.2. The number of nitrogens with zero attached hydrogens (tertiary/aromatic N) is 6. The standard InChI is InChI=1S/C40H50F3N7O6S/c1-21-18-50(37(52)56-39(6,7)8)22(2)17-49(21)33-25-15-27(53-9)28(24-11-12-26(42)32-31(24)45-35(57-32)47-36(51)55-38(3,4)5)29(43)30(25)44-34(46-33)54-20-40-13-10-14-48(40)19-23(41)16-40/h11-12,15,21-23H,10,13-14,16-20H2,1-9H3,(H,45,47,51)/t21-,22+,23+,40-/m0/s1. The lowest BCUT2D eigenvalue weighted by atomic mass is 9.95. The van der Waals surface area contributed by atoms with Gasteiger partial charge in [-0.15, -0.1) is 0 Å². The Labute approximate surface area is 333 Å². The van der Waals surface area contributed by atoms with E-state index in [4.69, 9.17) is 23.9 Å². The maximum Gasteiger partial charge on any atom is 0.413 e. The number of benzene rings is 2. The summed E-state index contributed by atoms with van der Waals surface area (Å²) in [6.45, 7) is 16.3. The molecule has 4 aromatic rings. The number of nitrogens with one attached hydrogen (secondary N) is 1. The van der Waals surface area contributed by atoms with Crippen molar-refractivity contribution in [1.82, 2.24) is 24.8 Å². The smallest absolute Gasteiger partial charge is 0.413 e. The molecule has 0 spiro atoms. The maximum absolute atomic E-state index is 17.5. The molecule has 0 radical (unpaired) electrons. The number of anilines is 2. The highest BCUT2D eigenvalue weighted by Gasteiger charge is 2.49. The lowest BCUT2D eigenvalue weighted by Crippen LogP contribution is -2.59. The van der Waals surface area contributed by atoms with Gasteiger partial charge in [0.15, 0.2) is 10.9 Å². The quantitative estimate of drug-likeness (QED) is 0.193. The molecule has 308 valence electrons. The molecule has 17 heteroatoms. The monoisotopic (exact) mass is 813 g/mol. The van der Waals surface area contributed by atoms with Gasteiger partial charge in [0, 0.05) is 49.1 Å². The summed E-state index contributed by atoms with van der Waals surface area (Å²) in [6.07, 6.45) is -0.197. The molecule has 2 aromatic heterocycles. The van der Waals surface area contributed by atoms with Crippen LogP contribution in [0.5, 0.6) is 11.8 Å². The van der Waals surface area contributed by atoms with Crippen LogP contribution in [0, 0.1) is 11.6 Å². The van der Waals surface area contributed by atoms with Crippen LogP contribution in [0.15, 0.2) is 18.2 Å². The SMILES string of the molecule is COc1cc2c(N3C[C@@H](C)N(C(=O)OC(C)(C)C)C[C@@H]3C)nc(OC[C@@]34CCCN3C[C@H](F)C4)nc2c(F)c1-c1ccc(F)c2sc(NC(=O)OC(C)(C)C)nc12. The predicted molar refractivity (Wildman–Crippen MR) is 212 cm³/mol. The molecule has 3 fully saturated rings. The molecule has 3 aliphatic heterocycles. The van der Waals surface area contributed by atoms with Gasteiger partial charge in [-0.05, 0) is 93.0 Å². The van der Waals surface area contributed by atoms with Crippen molar-refractivity contribution in [1.29, 1.82) is 0 Å². The van der Waals surface area contributed by atoms with E-state index in [-0.39, 0.29) is 62.4 Å². The van der Waals surface area contributed by atoms with Crippen molar-refractivity contribution in [3.63, 3.8) is 0 Å². The molecule has 5 heterocycles. The van der Waals surface area contributed by atoms with E-state index in [2.05, 4.69) is 20.2 Å². The van der Waals surface area contributed by atoms with Crippen LogP contribution in [-0.4, -0.2) is 112 Å². The molecule has 0 aliphatic carbocycles. The predicted octanol–water partition coefficient (Wildman–Crippen LogP) is 8.33. The fourth-order valence-electron chi connectivity index (χ4n) is 8.13. The molecule has 13 nitrogen and oxygen atoms in total. The molecule has 3 saturated heterocycles. The molecular formula is C40H50F3N7O6S. The highest BCUT2D eigenvalue weighted by Crippen LogP contribution is 2.45. The Morgan fingerprint density at radius 3 is 2.42 bits per heavy atom. The normalized spacial score (nSPS) is 22.9. The third-order valence-electron chi connectivity index (χ3n) is 10.6. The summed E-state index contributed by atoms with van der Waals surface area (Å²) in [7, 11) is 1.40. The maximum atomic E-state index is 17.5. The van der Waals surface area contributed by atoms with Gasteiger partial charge in [0.1, 0.15) is 46.9 Å². The third-order valence-corrected chi connectivity index (χ3v) is 11.5. The first kappa shape index (κ1) is 40.6. The Balaban J connectivity index is 1.34. The second-order valence-corrected chi connectivity index (χ2v) is 18.3. The number of alkyl halides is 1. The Morgan fingerprint density at radius 1 is 0.982 bits per heavy atom. The van der Waals surface area contributed by atoms with E-state index < -0.39 is 46.7 Å². The van der Waals surface area contributed by atoms with Gasteiger partial charge in [-0.2, -0.15) is 9.97 Å². The van der Waals surface area contributed by atoms with Gasteiger partial charge in [0.2, 0.25) is 0 Å². The van der Waals surface area contributed by atoms with Crippen LogP contribution in [0.2, 0.25) is 0 Å². The number of ether oxygens (including phenoxy) is 4. The first-order valence-corrected chi connectivity index (χ1v) is 20.0. The minimum atomic E-state index is -0.976. The minimum absolute atomic E-state index is 0.0347. The summed E-state index contributed by atoms with van der Waals surface area (Å²) < 4.78 is 70.8. The van der Waals surface area contributed by atoms with Gasteiger partial charge in [0.05, 0.1) is 28.4 Å². The summed E-state index contributed by atoms with van der Waals surface area (Å²) in [6, 6.07) is 3.53. The summed E-state index contributed by atoms with van der Waals surface area (Å²) in [5.41, 5.74) is -1.81. The van der Waals surface area contributed by atoms with Gasteiger partial charge in [-0.3, -0.25) is 10.2 Å². The molecular weight excluding hydrogens is 764 g/mol. The first-order chi connectivity index (χ1) is 26.8. The Bertz CT molecular complexity index is 2210. The number of thiazole rings is 1. The summed E-state index contributed by atoms with van der Waals surface area (Å²) in [5, 5.41) is 2.93. The number of carbonyl (C=O) groups excluding carboxylic acids is 2. The van der Waals surface area contributed by atoms with Gasteiger partial charge in [-0.1, -0.05) is 11.3 Å². The minimum Gasteiger partial charge on any atom is -0.496 e. The number of piperazine rings is 1. The molecule has 3 aliphatic rings. The zero-order chi connectivity index (χ0) is 41.2. The molecule has 57 heavy (non-hydrogen) atoms. The lowest BCUT2D eigenvalue weighted by molar-refractivity contribution is 0.0129. The average Bonchev–Trinajstić information content (AvgIpc) is 3.79. The number of fused-ring (bicyclic) bond motifs is 3. The second-order valence-electron chi connectivity index (χ2n) is 17.3. The van der Waals surface area contributed by atoms with E-state index in [0.717, 1.165) is 30.7 Å². The molecule has 0 saturated carbocycles. The lowest BCUT2D eigenvalue weighted by Gasteiger charge is -2.45. The number of methoxy groups -OCH3 is 1. The Morgan fingerprint density at radius 2 is 1.72 bits per heavy atom. The van der Waals surface area contributed by atoms with Crippen molar-refractivity contribution in [2.75, 3.05) is 50.1 Å². The fraction of sp³-hybridized carbons (Fsp3) is 0.575. The summed E-state index contributed by atoms with van der Waals surface area (Å²) in [4.78, 5) is 45.6. The highest BCUT2D eigenvalue weighted by atomic mass is 32.1. The van der Waals surface area contributed by atoms with E-state index in [1.54, 1.807) is 31.7 Å². The van der Waals surface area contributed by atoms with E-state index in [9.17, 15) is 14.0 Å². The Hall–Kier alpha value is -4.64. The van der Waals surface area contributed by atoms with Gasteiger partial charge in [-0.25, -0.2) is 27.7 Å².